The van der Waals surface area contributed by atoms with Crippen LogP contribution >= 0.6 is 0 Å². The van der Waals surface area contributed by atoms with Crippen LogP contribution in [0.15, 0.2) is 79.1 Å². The first kappa shape index (κ1) is 13.9. The third-order valence-electron chi connectivity index (χ3n) is 5.48. The Kier molecular flexibility index (Phi) is 2.57. The lowest BCUT2D eigenvalue weighted by Gasteiger charge is -2.12. The summed E-state index contributed by atoms with van der Waals surface area (Å²) < 4.78 is 2.11. The first-order valence-electron chi connectivity index (χ1n) is 8.91. The van der Waals surface area contributed by atoms with Gasteiger partial charge < -0.3 is 4.40 Å². The minimum atomic E-state index is 1.02. The summed E-state index contributed by atoms with van der Waals surface area (Å²) in [5.41, 5.74) is 4.43. The lowest BCUT2D eigenvalue weighted by molar-refractivity contribution is 1.16. The van der Waals surface area contributed by atoms with E-state index in [0.717, 1.165) is 11.3 Å². The van der Waals surface area contributed by atoms with E-state index < -0.39 is 0 Å². The van der Waals surface area contributed by atoms with Gasteiger partial charge in [-0.15, -0.1) is 0 Å². The Balaban J connectivity index is 1.76. The van der Waals surface area contributed by atoms with E-state index in [0.29, 0.717) is 0 Å². The monoisotopic (exact) mass is 332 g/mol. The number of pyridine rings is 1. The minimum Gasteiger partial charge on any atom is -0.306 e. The number of nitrogens with zero attached hydrogens (tertiary/aromatic N) is 2. The molecule has 2 aromatic heterocycles. The molecule has 0 atom stereocenters. The van der Waals surface area contributed by atoms with Crippen molar-refractivity contribution < 1.29 is 0 Å². The second-order valence-corrected chi connectivity index (χ2v) is 7.02. The molecule has 0 amide bonds. The van der Waals surface area contributed by atoms with Crippen molar-refractivity contribution in [2.45, 2.75) is 6.92 Å². The van der Waals surface area contributed by atoms with Gasteiger partial charge in [-0.05, 0) is 50.9 Å². The van der Waals surface area contributed by atoms with Gasteiger partial charge in [0.1, 0.15) is 5.65 Å². The normalized spacial score (nSPS) is 12.0. The lowest BCUT2D eigenvalue weighted by Crippen LogP contribution is -1.87. The number of rotatable bonds is 1. The molecule has 2 nitrogen and oxygen atoms in total. The minimum absolute atomic E-state index is 1.02. The number of aromatic nitrogens is 2. The highest BCUT2D eigenvalue weighted by atomic mass is 15.0. The molecule has 122 valence electrons. The highest BCUT2D eigenvalue weighted by Crippen LogP contribution is 2.38. The Bertz CT molecular complexity index is 1420. The largest absolute Gasteiger partial charge is 0.306 e. The highest BCUT2D eigenvalue weighted by Gasteiger charge is 2.14. The smallest absolute Gasteiger partial charge is 0.140 e. The Hall–Kier alpha value is -3.39. The topological polar surface area (TPSA) is 17.3 Å². The molecule has 2 heteroatoms. The summed E-state index contributed by atoms with van der Waals surface area (Å²) in [6.45, 7) is 2.11. The maximum absolute atomic E-state index is 4.93. The third-order valence-corrected chi connectivity index (χ3v) is 5.48. The molecule has 4 aromatic carbocycles. The van der Waals surface area contributed by atoms with Gasteiger partial charge in [-0.3, -0.25) is 0 Å². The third kappa shape index (κ3) is 1.73. The maximum atomic E-state index is 4.93. The van der Waals surface area contributed by atoms with Gasteiger partial charge in [-0.2, -0.15) is 0 Å². The van der Waals surface area contributed by atoms with E-state index in [1.165, 1.54) is 43.4 Å². The van der Waals surface area contributed by atoms with Crippen LogP contribution in [0.5, 0.6) is 0 Å². The van der Waals surface area contributed by atoms with Gasteiger partial charge in [-0.25, -0.2) is 4.98 Å². The zero-order valence-electron chi connectivity index (χ0n) is 14.4. The van der Waals surface area contributed by atoms with Crippen LogP contribution in [-0.4, -0.2) is 9.38 Å². The first-order chi connectivity index (χ1) is 12.8. The number of hydrogen-bond acceptors (Lipinski definition) is 1. The van der Waals surface area contributed by atoms with Crippen LogP contribution in [0.2, 0.25) is 0 Å². The van der Waals surface area contributed by atoms with Crippen molar-refractivity contribution in [1.82, 2.24) is 9.38 Å². The quantitative estimate of drug-likeness (QED) is 0.327. The standard InChI is InChI=1S/C24H16N2/c1-15-4-3-13-26-14-21(25-24(15)26)19-11-9-18-8-7-16-5-2-6-17-10-12-20(19)23(18)22(16)17/h2-14H,1H3. The van der Waals surface area contributed by atoms with Gasteiger partial charge in [0.2, 0.25) is 0 Å². The van der Waals surface area contributed by atoms with Crippen LogP contribution in [0.4, 0.5) is 0 Å². The van der Waals surface area contributed by atoms with Gasteiger partial charge in [0, 0.05) is 18.0 Å². The molecule has 0 spiro atoms. The number of fused-ring (bicyclic) bond motifs is 1. The van der Waals surface area contributed by atoms with E-state index >= 15 is 0 Å². The van der Waals surface area contributed by atoms with E-state index in [4.69, 9.17) is 4.98 Å². The van der Waals surface area contributed by atoms with Crippen molar-refractivity contribution in [3.05, 3.63) is 84.7 Å². The second kappa shape index (κ2) is 4.83. The SMILES string of the molecule is Cc1cccn2cc(-c3ccc4ccc5cccc6ccc3c4c56)nc12. The van der Waals surface area contributed by atoms with Crippen LogP contribution < -0.4 is 0 Å². The van der Waals surface area contributed by atoms with Crippen molar-refractivity contribution in [3.8, 4) is 11.3 Å². The Morgan fingerprint density at radius 2 is 1.46 bits per heavy atom. The summed E-state index contributed by atoms with van der Waals surface area (Å²) in [6, 6.07) is 24.1. The van der Waals surface area contributed by atoms with Gasteiger partial charge in [0.15, 0.2) is 0 Å². The van der Waals surface area contributed by atoms with Gasteiger partial charge >= 0.3 is 0 Å². The van der Waals surface area contributed by atoms with Crippen LogP contribution in [-0.2, 0) is 0 Å². The van der Waals surface area contributed by atoms with Gasteiger partial charge in [-0.1, -0.05) is 60.7 Å². The van der Waals surface area contributed by atoms with Gasteiger partial charge in [0.05, 0.1) is 5.69 Å². The fourth-order valence-corrected chi connectivity index (χ4v) is 4.24. The summed E-state index contributed by atoms with van der Waals surface area (Å²) >= 11 is 0. The molecule has 0 bridgehead atoms. The van der Waals surface area contributed by atoms with Crippen molar-refractivity contribution >= 4 is 38.0 Å². The van der Waals surface area contributed by atoms with E-state index in [1.54, 1.807) is 0 Å². The molecule has 0 radical (unpaired) electrons. The van der Waals surface area contributed by atoms with E-state index in [2.05, 4.69) is 90.4 Å². The summed E-state index contributed by atoms with van der Waals surface area (Å²) in [5, 5.41) is 7.84. The molecule has 2 heterocycles. The number of aryl methyl sites for hydroxylation is 1. The maximum Gasteiger partial charge on any atom is 0.140 e. The first-order valence-corrected chi connectivity index (χ1v) is 8.91. The van der Waals surface area contributed by atoms with Crippen LogP contribution in [0.3, 0.4) is 0 Å². The van der Waals surface area contributed by atoms with Crippen molar-refractivity contribution in [3.63, 3.8) is 0 Å². The van der Waals surface area contributed by atoms with E-state index in [1.807, 2.05) is 0 Å². The molecule has 6 rings (SSSR count). The zero-order chi connectivity index (χ0) is 17.3. The molecule has 0 N–H and O–H groups in total. The Labute approximate surface area is 150 Å². The molecule has 0 saturated heterocycles. The molecular weight excluding hydrogens is 316 g/mol. The van der Waals surface area contributed by atoms with Gasteiger partial charge in [0.25, 0.3) is 0 Å². The molecule has 6 aromatic rings. The second-order valence-electron chi connectivity index (χ2n) is 7.02. The molecular formula is C24H16N2. The van der Waals surface area contributed by atoms with Crippen molar-refractivity contribution in [1.29, 1.82) is 0 Å². The fourth-order valence-electron chi connectivity index (χ4n) is 4.24. The zero-order valence-corrected chi connectivity index (χ0v) is 14.4. The summed E-state index contributed by atoms with van der Waals surface area (Å²) in [6.07, 6.45) is 4.20. The highest BCUT2D eigenvalue weighted by molar-refractivity contribution is 6.25. The molecule has 0 aliphatic carbocycles. The Morgan fingerprint density at radius 3 is 2.27 bits per heavy atom. The van der Waals surface area contributed by atoms with Crippen molar-refractivity contribution in [2.24, 2.45) is 0 Å². The predicted molar refractivity (Wildman–Crippen MR) is 109 cm³/mol. The fraction of sp³-hybridized carbons (Fsp3) is 0.0417. The number of imidazole rings is 1. The molecule has 0 fully saturated rings. The van der Waals surface area contributed by atoms with Crippen LogP contribution in [0, 0.1) is 6.92 Å². The lowest BCUT2D eigenvalue weighted by atomic mass is 9.91. The van der Waals surface area contributed by atoms with Crippen molar-refractivity contribution in [2.75, 3.05) is 0 Å². The van der Waals surface area contributed by atoms with E-state index in [9.17, 15) is 0 Å². The molecule has 0 aliphatic heterocycles. The number of benzene rings is 4. The summed E-state index contributed by atoms with van der Waals surface area (Å²) in [7, 11) is 0. The Morgan fingerprint density at radius 1 is 0.731 bits per heavy atom. The number of hydrogen-bond donors (Lipinski definition) is 0. The summed E-state index contributed by atoms with van der Waals surface area (Å²) in [5.74, 6) is 0. The van der Waals surface area contributed by atoms with Crippen LogP contribution in [0.25, 0.3) is 49.2 Å². The molecule has 0 aliphatic rings. The molecule has 0 unspecified atom stereocenters. The van der Waals surface area contributed by atoms with E-state index in [-0.39, 0.29) is 0 Å². The molecule has 26 heavy (non-hydrogen) atoms. The average Bonchev–Trinajstić information content (AvgIpc) is 3.11. The average molecular weight is 332 g/mol. The summed E-state index contributed by atoms with van der Waals surface area (Å²) in [4.78, 5) is 4.93. The molecule has 0 saturated carbocycles. The van der Waals surface area contributed by atoms with Crippen LogP contribution in [0.1, 0.15) is 5.56 Å². The predicted octanol–water partition coefficient (Wildman–Crippen LogP) is 6.21.